The molecule has 0 aliphatic carbocycles. The van der Waals surface area contributed by atoms with E-state index in [0.29, 0.717) is 0 Å². The molecule has 7 nitrogen and oxygen atoms in total. The Labute approximate surface area is 195 Å². The van der Waals surface area contributed by atoms with Gasteiger partial charge in [-0.2, -0.15) is 26.3 Å². The van der Waals surface area contributed by atoms with Crippen molar-refractivity contribution in [2.24, 2.45) is 11.7 Å². The van der Waals surface area contributed by atoms with Crippen LogP contribution in [0.25, 0.3) is 0 Å². The molecule has 3 rings (SSSR count). The Bertz CT molecular complexity index is 1140. The van der Waals surface area contributed by atoms with Crippen molar-refractivity contribution in [2.45, 2.75) is 43.8 Å². The first kappa shape index (κ1) is 26.3. The number of alkyl halides is 6. The number of carbonyl (C=O) groups excluding carboxylic acids is 2. The van der Waals surface area contributed by atoms with Crippen LogP contribution in [0.3, 0.4) is 0 Å². The van der Waals surface area contributed by atoms with Gasteiger partial charge < -0.3 is 20.5 Å². The number of nitrogens with two attached hydrogens (primary N) is 1. The van der Waals surface area contributed by atoms with Crippen LogP contribution in [0.1, 0.15) is 41.4 Å². The van der Waals surface area contributed by atoms with Crippen molar-refractivity contribution in [3.63, 3.8) is 0 Å². The van der Waals surface area contributed by atoms with Gasteiger partial charge in [0.2, 0.25) is 0 Å². The average molecular weight is 505 g/mol. The standard InChI is InChI=1S/C22H21F6N3O4/c1-10-15(12-5-4-6-13(16(12)34-3)21(23,24)25)17(35-20(10,2)22(26,27)28)19(33)31-11-7-8-30-14(9-11)18(29)32/h4-10,15,17H,1-3H3,(H2,29,32)(H,30,31,33)/t10-,15+,17-,20-/m1/s1. The highest BCUT2D eigenvalue weighted by Crippen LogP contribution is 2.55. The monoisotopic (exact) mass is 505 g/mol. The number of hydrogen-bond donors (Lipinski definition) is 2. The van der Waals surface area contributed by atoms with Crippen molar-refractivity contribution in [3.05, 3.63) is 53.3 Å². The normalized spacial score (nSPS) is 24.8. The van der Waals surface area contributed by atoms with E-state index in [1.165, 1.54) is 12.1 Å². The third-order valence-corrected chi connectivity index (χ3v) is 6.12. The minimum absolute atomic E-state index is 0.0228. The molecule has 0 bridgehead atoms. The summed E-state index contributed by atoms with van der Waals surface area (Å²) >= 11 is 0. The van der Waals surface area contributed by atoms with Crippen LogP contribution in [0.4, 0.5) is 32.0 Å². The summed E-state index contributed by atoms with van der Waals surface area (Å²) in [6.07, 6.45) is -10.5. The Kier molecular flexibility index (Phi) is 6.77. The molecule has 1 aromatic carbocycles. The lowest BCUT2D eigenvalue weighted by atomic mass is 9.76. The molecule has 2 amide bonds. The molecule has 1 aromatic heterocycles. The van der Waals surface area contributed by atoms with Gasteiger partial charge in [-0.3, -0.25) is 14.6 Å². The second kappa shape index (κ2) is 9.02. The number of primary amides is 1. The number of benzene rings is 1. The largest absolute Gasteiger partial charge is 0.496 e. The summed E-state index contributed by atoms with van der Waals surface area (Å²) in [6, 6.07) is 5.27. The van der Waals surface area contributed by atoms with Crippen LogP contribution in [0.15, 0.2) is 36.5 Å². The molecule has 2 aromatic rings. The van der Waals surface area contributed by atoms with Gasteiger partial charge in [0, 0.05) is 29.3 Å². The number of rotatable bonds is 5. The minimum atomic E-state index is -4.95. The van der Waals surface area contributed by atoms with Crippen molar-refractivity contribution in [1.29, 1.82) is 0 Å². The molecule has 2 heterocycles. The SMILES string of the molecule is COc1c([C@@H]2[C@@H](C)[C@](C)(C(F)(F)F)O[C@H]2C(=O)Nc2ccnc(C(N)=O)c2)cccc1C(F)(F)F. The van der Waals surface area contributed by atoms with Gasteiger partial charge >= 0.3 is 12.4 Å². The Morgan fingerprint density at radius 3 is 2.37 bits per heavy atom. The maximum atomic E-state index is 14.0. The maximum absolute atomic E-state index is 14.0. The molecule has 0 saturated carbocycles. The van der Waals surface area contributed by atoms with Crippen LogP contribution in [-0.4, -0.2) is 41.8 Å². The molecule has 13 heteroatoms. The molecule has 0 unspecified atom stereocenters. The molecular weight excluding hydrogens is 484 g/mol. The maximum Gasteiger partial charge on any atom is 0.419 e. The summed E-state index contributed by atoms with van der Waals surface area (Å²) in [5.74, 6) is -5.66. The Morgan fingerprint density at radius 2 is 1.83 bits per heavy atom. The molecule has 1 aliphatic heterocycles. The van der Waals surface area contributed by atoms with Crippen molar-refractivity contribution >= 4 is 17.5 Å². The number of halogens is 6. The van der Waals surface area contributed by atoms with E-state index in [4.69, 9.17) is 15.2 Å². The summed E-state index contributed by atoms with van der Waals surface area (Å²) in [5.41, 5.74) is 0.564. The van der Waals surface area contributed by atoms with Gasteiger partial charge in [-0.05, 0) is 25.1 Å². The van der Waals surface area contributed by atoms with Crippen LogP contribution >= 0.6 is 0 Å². The summed E-state index contributed by atoms with van der Waals surface area (Å²) in [4.78, 5) is 28.2. The smallest absolute Gasteiger partial charge is 0.419 e. The first-order valence-corrected chi connectivity index (χ1v) is 10.2. The fraction of sp³-hybridized carbons (Fsp3) is 0.409. The number of para-hydroxylation sites is 1. The highest BCUT2D eigenvalue weighted by molar-refractivity contribution is 5.97. The van der Waals surface area contributed by atoms with E-state index in [2.05, 4.69) is 10.3 Å². The number of methoxy groups -OCH3 is 1. The van der Waals surface area contributed by atoms with Gasteiger partial charge in [-0.25, -0.2) is 0 Å². The van der Waals surface area contributed by atoms with Gasteiger partial charge in [0.15, 0.2) is 5.60 Å². The van der Waals surface area contributed by atoms with Gasteiger partial charge in [0.05, 0.1) is 12.7 Å². The summed E-state index contributed by atoms with van der Waals surface area (Å²) < 4.78 is 93.0. The fourth-order valence-electron chi connectivity index (χ4n) is 4.15. The lowest BCUT2D eigenvalue weighted by molar-refractivity contribution is -0.272. The van der Waals surface area contributed by atoms with Crippen LogP contribution < -0.4 is 15.8 Å². The quantitative estimate of drug-likeness (QED) is 0.591. The third kappa shape index (κ3) is 4.77. The highest BCUT2D eigenvalue weighted by Gasteiger charge is 2.66. The van der Waals surface area contributed by atoms with E-state index >= 15 is 0 Å². The molecule has 190 valence electrons. The number of aromatic nitrogens is 1. The van der Waals surface area contributed by atoms with Gasteiger partial charge in [0.1, 0.15) is 17.5 Å². The van der Waals surface area contributed by atoms with Gasteiger partial charge in [-0.1, -0.05) is 19.1 Å². The fourth-order valence-corrected chi connectivity index (χ4v) is 4.15. The predicted molar refractivity (Wildman–Crippen MR) is 111 cm³/mol. The molecule has 4 atom stereocenters. The van der Waals surface area contributed by atoms with Crippen LogP contribution in [0.5, 0.6) is 5.75 Å². The van der Waals surface area contributed by atoms with E-state index in [9.17, 15) is 35.9 Å². The first-order valence-electron chi connectivity index (χ1n) is 10.2. The molecule has 1 aliphatic rings. The number of amides is 2. The number of nitrogens with zero attached hydrogens (tertiary/aromatic N) is 1. The number of ether oxygens (including phenoxy) is 2. The van der Waals surface area contributed by atoms with Crippen molar-refractivity contribution < 1.29 is 45.4 Å². The summed E-state index contributed by atoms with van der Waals surface area (Å²) in [5, 5.41) is 2.33. The van der Waals surface area contributed by atoms with E-state index in [0.717, 1.165) is 45.4 Å². The Hall–Kier alpha value is -3.35. The molecule has 0 spiro atoms. The zero-order valence-corrected chi connectivity index (χ0v) is 18.6. The molecule has 3 N–H and O–H groups in total. The average Bonchev–Trinajstić information content (AvgIpc) is 3.04. The van der Waals surface area contributed by atoms with Crippen LogP contribution in [0.2, 0.25) is 0 Å². The number of carbonyl (C=O) groups is 2. The van der Waals surface area contributed by atoms with Crippen LogP contribution in [0, 0.1) is 5.92 Å². The van der Waals surface area contributed by atoms with Crippen molar-refractivity contribution in [2.75, 3.05) is 12.4 Å². The number of hydrogen-bond acceptors (Lipinski definition) is 5. The van der Waals surface area contributed by atoms with Gasteiger partial charge in [-0.15, -0.1) is 0 Å². The minimum Gasteiger partial charge on any atom is -0.496 e. The van der Waals surface area contributed by atoms with E-state index < -0.39 is 59.0 Å². The van der Waals surface area contributed by atoms with Crippen molar-refractivity contribution in [3.8, 4) is 5.75 Å². The molecule has 0 radical (unpaired) electrons. The Morgan fingerprint density at radius 1 is 1.17 bits per heavy atom. The molecular formula is C22H21F6N3O4. The molecule has 1 saturated heterocycles. The third-order valence-electron chi connectivity index (χ3n) is 6.12. The zero-order chi connectivity index (χ0) is 26.3. The van der Waals surface area contributed by atoms with Crippen LogP contribution in [-0.2, 0) is 15.7 Å². The van der Waals surface area contributed by atoms with E-state index in [1.807, 2.05) is 0 Å². The first-order chi connectivity index (χ1) is 16.1. The number of nitrogens with one attached hydrogen (secondary N) is 1. The Balaban J connectivity index is 2.11. The summed E-state index contributed by atoms with van der Waals surface area (Å²) in [6.45, 7) is 1.87. The molecule has 1 fully saturated rings. The predicted octanol–water partition coefficient (Wildman–Crippen LogP) is 4.29. The zero-order valence-electron chi connectivity index (χ0n) is 18.6. The second-order valence-electron chi connectivity index (χ2n) is 8.17. The number of pyridine rings is 1. The van der Waals surface area contributed by atoms with E-state index in [1.54, 1.807) is 0 Å². The van der Waals surface area contributed by atoms with Gasteiger partial charge in [0.25, 0.3) is 11.8 Å². The van der Waals surface area contributed by atoms with E-state index in [-0.39, 0.29) is 16.9 Å². The second-order valence-corrected chi connectivity index (χ2v) is 8.17. The lowest BCUT2D eigenvalue weighted by Crippen LogP contribution is -2.47. The highest BCUT2D eigenvalue weighted by atomic mass is 19.4. The number of anilines is 1. The topological polar surface area (TPSA) is 104 Å². The molecule has 35 heavy (non-hydrogen) atoms. The summed E-state index contributed by atoms with van der Waals surface area (Å²) in [7, 11) is 0.953. The lowest BCUT2D eigenvalue weighted by Gasteiger charge is -2.32. The van der Waals surface area contributed by atoms with Crippen molar-refractivity contribution in [1.82, 2.24) is 4.98 Å².